The van der Waals surface area contributed by atoms with Crippen molar-refractivity contribution < 1.29 is 39.6 Å². The molecule has 0 aromatic heterocycles. The average molecular weight is 801 g/mol. The topological polar surface area (TPSA) is 175 Å². The van der Waals surface area contributed by atoms with Gasteiger partial charge in [0.05, 0.1) is 0 Å². The van der Waals surface area contributed by atoms with Crippen molar-refractivity contribution >= 4 is 23.6 Å². The molecule has 0 aromatic rings. The highest BCUT2D eigenvalue weighted by Crippen LogP contribution is 2.16. The van der Waals surface area contributed by atoms with Gasteiger partial charge in [-0.1, -0.05) is 27.7 Å². The van der Waals surface area contributed by atoms with E-state index in [2.05, 4.69) is 75.5 Å². The van der Waals surface area contributed by atoms with E-state index in [-0.39, 0.29) is 47.8 Å². The highest BCUT2D eigenvalue weighted by Gasteiger charge is 2.32. The number of aliphatic hydroxyl groups is 4. The quantitative estimate of drug-likeness (QED) is 0.253. The van der Waals surface area contributed by atoms with Crippen molar-refractivity contribution in [3.05, 3.63) is 0 Å². The predicted molar refractivity (Wildman–Crippen MR) is 220 cm³/mol. The zero-order chi connectivity index (χ0) is 42.9. The summed E-state index contributed by atoms with van der Waals surface area (Å²) in [6.07, 6.45) is 0.317. The Labute approximate surface area is 338 Å². The molecule has 4 fully saturated rings. The van der Waals surface area contributed by atoms with Crippen molar-refractivity contribution in [1.82, 2.24) is 39.2 Å². The van der Waals surface area contributed by atoms with E-state index in [4.69, 9.17) is 0 Å². The molecule has 16 nitrogen and oxygen atoms in total. The summed E-state index contributed by atoms with van der Waals surface area (Å²) in [4.78, 5) is 62.7. The van der Waals surface area contributed by atoms with Crippen LogP contribution >= 0.6 is 0 Å². The summed E-state index contributed by atoms with van der Waals surface area (Å²) in [5.41, 5.74) is 0. The molecular weight excluding hydrogens is 720 g/mol. The van der Waals surface area contributed by atoms with Gasteiger partial charge < -0.3 is 59.6 Å². The third-order valence-corrected chi connectivity index (χ3v) is 11.2. The Balaban J connectivity index is 0.000000373. The van der Waals surface area contributed by atoms with E-state index in [1.807, 2.05) is 19.6 Å². The number of likely N-dealkylation sites (N-methyl/N-ethyl adjacent to an activating group) is 4. The molecule has 328 valence electrons. The number of piperazine rings is 4. The van der Waals surface area contributed by atoms with Crippen LogP contribution in [0.4, 0.5) is 0 Å². The van der Waals surface area contributed by atoms with Crippen molar-refractivity contribution in [3.8, 4) is 0 Å². The van der Waals surface area contributed by atoms with Gasteiger partial charge in [-0.25, -0.2) is 0 Å². The summed E-state index contributed by atoms with van der Waals surface area (Å²) in [6.45, 7) is 24.6. The Hall–Kier alpha value is -2.44. The van der Waals surface area contributed by atoms with Crippen LogP contribution in [-0.4, -0.2) is 239 Å². The Kier molecular flexibility index (Phi) is 23.8. The number of nitrogens with zero attached hydrogens (tertiary/aromatic N) is 8. The highest BCUT2D eigenvalue weighted by molar-refractivity contribution is 5.82. The molecule has 4 aliphatic heterocycles. The Bertz CT molecular complexity index is 1000. The summed E-state index contributed by atoms with van der Waals surface area (Å²) in [5, 5.41) is 37.0. The van der Waals surface area contributed by atoms with Gasteiger partial charge in [0.15, 0.2) is 0 Å². The lowest BCUT2D eigenvalue weighted by Gasteiger charge is -2.40. The van der Waals surface area contributed by atoms with E-state index in [1.165, 1.54) is 27.7 Å². The predicted octanol–water partition coefficient (Wildman–Crippen LogP) is -0.321. The molecular formula is C40H80N8O8. The zero-order valence-electron chi connectivity index (χ0n) is 36.9. The SMILES string of the molecule is CC[C@@H]1CN(C)CCN1C(=O)[C@@H](C)O.CC[C@@H]1CN(C)CCN1C(=O)[C@H](C)O.CC[C@H]1CN(C)CCN1C(=O)[C@@H](C)O.CC[C@H]1CN(C)CCN1C(=O)[C@H](C)O. The second-order valence-corrected chi connectivity index (χ2v) is 16.1. The first-order valence-electron chi connectivity index (χ1n) is 20.9. The molecule has 4 rings (SSSR count). The molecule has 0 spiro atoms. The summed E-state index contributed by atoms with van der Waals surface area (Å²) in [7, 11) is 8.25. The highest BCUT2D eigenvalue weighted by atomic mass is 16.3. The maximum Gasteiger partial charge on any atom is 0.251 e. The van der Waals surface area contributed by atoms with Gasteiger partial charge in [-0.2, -0.15) is 0 Å². The van der Waals surface area contributed by atoms with Crippen LogP contribution < -0.4 is 0 Å². The van der Waals surface area contributed by atoms with Crippen molar-refractivity contribution in [1.29, 1.82) is 0 Å². The third kappa shape index (κ3) is 16.4. The van der Waals surface area contributed by atoms with Gasteiger partial charge in [-0.3, -0.25) is 19.2 Å². The van der Waals surface area contributed by atoms with Crippen LogP contribution in [0.5, 0.6) is 0 Å². The molecule has 4 saturated heterocycles. The lowest BCUT2D eigenvalue weighted by molar-refractivity contribution is -0.144. The number of hydrogen-bond acceptors (Lipinski definition) is 12. The molecule has 0 bridgehead atoms. The van der Waals surface area contributed by atoms with E-state index >= 15 is 0 Å². The molecule has 4 amide bonds. The number of carbonyl (C=O) groups is 4. The van der Waals surface area contributed by atoms with Gasteiger partial charge in [0.2, 0.25) is 0 Å². The van der Waals surface area contributed by atoms with Crippen LogP contribution in [0.15, 0.2) is 0 Å². The van der Waals surface area contributed by atoms with Gasteiger partial charge in [0.25, 0.3) is 23.6 Å². The van der Waals surface area contributed by atoms with Crippen molar-refractivity contribution in [2.75, 3.05) is 107 Å². The van der Waals surface area contributed by atoms with Gasteiger partial charge in [-0.15, -0.1) is 0 Å². The Morgan fingerprint density at radius 2 is 0.554 bits per heavy atom. The smallest absolute Gasteiger partial charge is 0.251 e. The van der Waals surface area contributed by atoms with Crippen LogP contribution in [0.2, 0.25) is 0 Å². The van der Waals surface area contributed by atoms with E-state index in [1.54, 1.807) is 0 Å². The summed E-state index contributed by atoms with van der Waals surface area (Å²) < 4.78 is 0. The number of rotatable bonds is 8. The first-order valence-corrected chi connectivity index (χ1v) is 20.9. The van der Waals surface area contributed by atoms with E-state index in [0.717, 1.165) is 104 Å². The van der Waals surface area contributed by atoms with E-state index in [0.29, 0.717) is 0 Å². The Morgan fingerprint density at radius 3 is 0.679 bits per heavy atom. The van der Waals surface area contributed by atoms with Gasteiger partial charge >= 0.3 is 0 Å². The van der Waals surface area contributed by atoms with Crippen molar-refractivity contribution in [2.45, 2.75) is 130 Å². The molecule has 56 heavy (non-hydrogen) atoms. The Morgan fingerprint density at radius 1 is 0.393 bits per heavy atom. The molecule has 0 aliphatic carbocycles. The average Bonchev–Trinajstić information content (AvgIpc) is 3.17. The molecule has 0 saturated carbocycles. The fourth-order valence-corrected chi connectivity index (χ4v) is 7.56. The van der Waals surface area contributed by atoms with Crippen LogP contribution in [0.1, 0.15) is 81.1 Å². The molecule has 0 aromatic carbocycles. The summed E-state index contributed by atoms with van der Waals surface area (Å²) in [5.74, 6) is -0.537. The van der Waals surface area contributed by atoms with Crippen LogP contribution in [0, 0.1) is 0 Å². The van der Waals surface area contributed by atoms with Crippen molar-refractivity contribution in [2.24, 2.45) is 0 Å². The normalized spacial score (nSPS) is 26.3. The number of carbonyl (C=O) groups excluding carboxylic acids is 4. The maximum absolute atomic E-state index is 11.6. The number of aliphatic hydroxyl groups excluding tert-OH is 4. The fourth-order valence-electron chi connectivity index (χ4n) is 7.56. The molecule has 0 radical (unpaired) electrons. The second kappa shape index (κ2) is 25.8. The second-order valence-electron chi connectivity index (χ2n) is 16.1. The zero-order valence-corrected chi connectivity index (χ0v) is 36.9. The van der Waals surface area contributed by atoms with Gasteiger partial charge in [0.1, 0.15) is 24.4 Å². The lowest BCUT2D eigenvalue weighted by Crippen LogP contribution is -2.55. The lowest BCUT2D eigenvalue weighted by atomic mass is 10.1. The standard InChI is InChI=1S/4C10H20N2O2/c4*1-4-9-7-11(3)5-6-12(9)10(14)8(2)13/h4*8-9,13H,4-7H2,1-3H3/t2*8-,9+;2*8-,9-/m1010/s1. The third-order valence-electron chi connectivity index (χ3n) is 11.2. The molecule has 8 atom stereocenters. The summed E-state index contributed by atoms with van der Waals surface area (Å²) >= 11 is 0. The largest absolute Gasteiger partial charge is 0.384 e. The molecule has 4 N–H and O–H groups in total. The molecule has 4 heterocycles. The molecule has 16 heteroatoms. The van der Waals surface area contributed by atoms with Crippen molar-refractivity contribution in [3.63, 3.8) is 0 Å². The first kappa shape index (κ1) is 51.6. The number of hydrogen-bond donors (Lipinski definition) is 4. The minimum Gasteiger partial charge on any atom is -0.384 e. The minimum absolute atomic E-state index is 0.134. The van der Waals surface area contributed by atoms with Gasteiger partial charge in [-0.05, 0) is 81.6 Å². The van der Waals surface area contributed by atoms with Crippen LogP contribution in [-0.2, 0) is 19.2 Å². The maximum atomic E-state index is 11.6. The van der Waals surface area contributed by atoms with Gasteiger partial charge in [0, 0.05) is 103 Å². The van der Waals surface area contributed by atoms with E-state index < -0.39 is 24.4 Å². The molecule has 0 unspecified atom stereocenters. The van der Waals surface area contributed by atoms with Crippen LogP contribution in [0.25, 0.3) is 0 Å². The first-order chi connectivity index (χ1) is 26.2. The molecule has 4 aliphatic rings. The minimum atomic E-state index is -0.868. The monoisotopic (exact) mass is 801 g/mol. The fraction of sp³-hybridized carbons (Fsp3) is 0.900. The van der Waals surface area contributed by atoms with E-state index in [9.17, 15) is 39.6 Å². The number of amides is 4. The van der Waals surface area contributed by atoms with Crippen LogP contribution in [0.3, 0.4) is 0 Å². The summed E-state index contributed by atoms with van der Waals surface area (Å²) in [6, 6.07) is 1.04.